The number of Topliss-reactive ketones (excluding diaryl/α,β-unsaturated/α-hetero) is 1. The summed E-state index contributed by atoms with van der Waals surface area (Å²) < 4.78 is 0. The fourth-order valence-corrected chi connectivity index (χ4v) is 3.61. The Morgan fingerprint density at radius 3 is 2.46 bits per heavy atom. The maximum absolute atomic E-state index is 12.5. The molecule has 2 amide bonds. The molecule has 0 saturated carbocycles. The van der Waals surface area contributed by atoms with E-state index in [0.717, 1.165) is 17.9 Å². The minimum absolute atomic E-state index is 0. The Hall–Kier alpha value is -2.06. The van der Waals surface area contributed by atoms with Gasteiger partial charge in [0.05, 0.1) is 12.5 Å². The molecular formula is C19H27ClN4O3S. The van der Waals surface area contributed by atoms with Gasteiger partial charge in [0.2, 0.25) is 11.7 Å². The summed E-state index contributed by atoms with van der Waals surface area (Å²) in [5.74, 6) is -0.740. The van der Waals surface area contributed by atoms with Crippen LogP contribution in [0.5, 0.6) is 0 Å². The topological polar surface area (TPSA) is 90.9 Å². The molecule has 0 spiro atoms. The van der Waals surface area contributed by atoms with Crippen molar-refractivity contribution in [1.82, 2.24) is 15.6 Å². The Morgan fingerprint density at radius 1 is 1.21 bits per heavy atom. The SMILES string of the molecule is CC(C)C[C@H](NC(=O)Cc1ccccc1)C(=O)C(=O)N/N=C1\SCCN1C.Cl. The third kappa shape index (κ3) is 7.52. The van der Waals surface area contributed by atoms with Crippen LogP contribution < -0.4 is 10.7 Å². The van der Waals surface area contributed by atoms with Gasteiger partial charge in [0.25, 0.3) is 0 Å². The second-order valence-corrected chi connectivity index (χ2v) is 7.94. The molecule has 2 rings (SSSR count). The van der Waals surface area contributed by atoms with E-state index in [1.54, 1.807) is 0 Å². The minimum Gasteiger partial charge on any atom is -0.352 e. The summed E-state index contributed by atoms with van der Waals surface area (Å²) in [7, 11) is 1.87. The van der Waals surface area contributed by atoms with Gasteiger partial charge in [-0.1, -0.05) is 55.9 Å². The Morgan fingerprint density at radius 2 is 1.89 bits per heavy atom. The molecule has 1 aliphatic rings. The number of thioether (sulfide) groups is 1. The Kier molecular flexibility index (Phi) is 10.0. The summed E-state index contributed by atoms with van der Waals surface area (Å²) in [6.07, 6.45) is 0.548. The van der Waals surface area contributed by atoms with E-state index < -0.39 is 17.7 Å². The predicted octanol–water partition coefficient (Wildman–Crippen LogP) is 1.82. The first-order valence-corrected chi connectivity index (χ1v) is 9.94. The lowest BCUT2D eigenvalue weighted by molar-refractivity contribution is -0.140. The second kappa shape index (κ2) is 11.7. The molecule has 1 saturated heterocycles. The average molecular weight is 427 g/mol. The van der Waals surface area contributed by atoms with Gasteiger partial charge in [-0.15, -0.1) is 17.5 Å². The van der Waals surface area contributed by atoms with Crippen molar-refractivity contribution in [2.24, 2.45) is 11.0 Å². The predicted molar refractivity (Wildman–Crippen MR) is 114 cm³/mol. The van der Waals surface area contributed by atoms with Gasteiger partial charge >= 0.3 is 5.91 Å². The van der Waals surface area contributed by atoms with E-state index in [2.05, 4.69) is 15.8 Å². The van der Waals surface area contributed by atoms with Gasteiger partial charge in [0, 0.05) is 19.3 Å². The van der Waals surface area contributed by atoms with Gasteiger partial charge in [0.1, 0.15) is 0 Å². The molecule has 9 heteroatoms. The molecule has 0 aliphatic carbocycles. The third-order valence-corrected chi connectivity index (χ3v) is 5.08. The molecule has 1 atom stereocenters. The van der Waals surface area contributed by atoms with Crippen LogP contribution in [-0.2, 0) is 20.8 Å². The molecule has 0 unspecified atom stereocenters. The molecule has 2 N–H and O–H groups in total. The maximum Gasteiger partial charge on any atom is 0.309 e. The zero-order chi connectivity index (χ0) is 19.8. The lowest BCUT2D eigenvalue weighted by atomic mass is 9.99. The van der Waals surface area contributed by atoms with Gasteiger partial charge in [-0.2, -0.15) is 0 Å². The molecule has 0 radical (unpaired) electrons. The monoisotopic (exact) mass is 426 g/mol. The molecule has 0 bridgehead atoms. The fraction of sp³-hybridized carbons (Fsp3) is 0.474. The first kappa shape index (κ1) is 24.0. The Bertz CT molecular complexity index is 712. The highest BCUT2D eigenvalue weighted by Gasteiger charge is 2.28. The maximum atomic E-state index is 12.5. The number of amides is 2. The molecule has 154 valence electrons. The highest BCUT2D eigenvalue weighted by Crippen LogP contribution is 2.15. The van der Waals surface area contributed by atoms with E-state index in [0.29, 0.717) is 11.6 Å². The van der Waals surface area contributed by atoms with Crippen molar-refractivity contribution in [3.63, 3.8) is 0 Å². The number of rotatable bonds is 8. The molecular weight excluding hydrogens is 400 g/mol. The smallest absolute Gasteiger partial charge is 0.309 e. The number of carbonyl (C=O) groups excluding carboxylic acids is 3. The van der Waals surface area contributed by atoms with Gasteiger partial charge in [-0.25, -0.2) is 5.43 Å². The summed E-state index contributed by atoms with van der Waals surface area (Å²) in [4.78, 5) is 39.0. The number of amidine groups is 1. The van der Waals surface area contributed by atoms with Crippen LogP contribution in [0.3, 0.4) is 0 Å². The van der Waals surface area contributed by atoms with Crippen molar-refractivity contribution in [2.75, 3.05) is 19.3 Å². The van der Waals surface area contributed by atoms with Gasteiger partial charge in [0.15, 0.2) is 5.17 Å². The highest BCUT2D eigenvalue weighted by atomic mass is 35.5. The Labute approximate surface area is 176 Å². The van der Waals surface area contributed by atoms with Crippen LogP contribution in [0.2, 0.25) is 0 Å². The van der Waals surface area contributed by atoms with Crippen LogP contribution in [0.1, 0.15) is 25.8 Å². The van der Waals surface area contributed by atoms with E-state index >= 15 is 0 Å². The first-order chi connectivity index (χ1) is 12.9. The number of halogens is 1. The van der Waals surface area contributed by atoms with Crippen molar-refractivity contribution in [1.29, 1.82) is 0 Å². The normalized spacial score (nSPS) is 15.9. The standard InChI is InChI=1S/C19H26N4O3S.ClH/c1-13(2)11-15(20-16(24)12-14-7-5-4-6-8-14)17(25)18(26)21-22-19-23(3)9-10-27-19;/h4-8,13,15H,9-12H2,1-3H3,(H,20,24)(H,21,26);1H/b22-19-;/t15-;/m0./s1. The van der Waals surface area contributed by atoms with Crippen LogP contribution in [0.15, 0.2) is 35.4 Å². The first-order valence-electron chi connectivity index (χ1n) is 8.96. The highest BCUT2D eigenvalue weighted by molar-refractivity contribution is 8.14. The quantitative estimate of drug-likeness (QED) is 0.488. The van der Waals surface area contributed by atoms with Crippen LogP contribution in [0.25, 0.3) is 0 Å². The fourth-order valence-electron chi connectivity index (χ4n) is 2.64. The van der Waals surface area contributed by atoms with Crippen molar-refractivity contribution >= 4 is 46.9 Å². The zero-order valence-corrected chi connectivity index (χ0v) is 17.9. The number of benzene rings is 1. The van der Waals surface area contributed by atoms with E-state index in [9.17, 15) is 14.4 Å². The number of nitrogens with one attached hydrogen (secondary N) is 2. The number of hydrogen-bond acceptors (Lipinski definition) is 5. The van der Waals surface area contributed by atoms with Crippen LogP contribution in [-0.4, -0.2) is 53.1 Å². The number of nitrogens with zero attached hydrogens (tertiary/aromatic N) is 2. The molecule has 1 fully saturated rings. The average Bonchev–Trinajstić information content (AvgIpc) is 3.03. The van der Waals surface area contributed by atoms with Crippen LogP contribution in [0, 0.1) is 5.92 Å². The van der Waals surface area contributed by atoms with Crippen LogP contribution >= 0.6 is 24.2 Å². The number of ketones is 1. The van der Waals surface area contributed by atoms with Gasteiger partial charge in [-0.05, 0) is 17.9 Å². The molecule has 1 aliphatic heterocycles. The van der Waals surface area contributed by atoms with Crippen molar-refractivity contribution < 1.29 is 14.4 Å². The third-order valence-electron chi connectivity index (χ3n) is 4.03. The minimum atomic E-state index is -0.865. The molecule has 1 aromatic rings. The molecule has 1 heterocycles. The van der Waals surface area contributed by atoms with E-state index in [-0.39, 0.29) is 30.7 Å². The van der Waals surface area contributed by atoms with Crippen molar-refractivity contribution in [3.05, 3.63) is 35.9 Å². The summed E-state index contributed by atoms with van der Waals surface area (Å²) >= 11 is 1.52. The zero-order valence-electron chi connectivity index (χ0n) is 16.3. The second-order valence-electron chi connectivity index (χ2n) is 6.88. The molecule has 7 nitrogen and oxygen atoms in total. The summed E-state index contributed by atoms with van der Waals surface area (Å²) in [5.41, 5.74) is 3.17. The van der Waals surface area contributed by atoms with E-state index in [4.69, 9.17) is 0 Å². The van der Waals surface area contributed by atoms with E-state index in [1.807, 2.05) is 56.1 Å². The van der Waals surface area contributed by atoms with E-state index in [1.165, 1.54) is 11.8 Å². The molecule has 1 aromatic carbocycles. The van der Waals surface area contributed by atoms with Crippen LogP contribution in [0.4, 0.5) is 0 Å². The lowest BCUT2D eigenvalue weighted by Gasteiger charge is -2.19. The summed E-state index contributed by atoms with van der Waals surface area (Å²) in [6, 6.07) is 8.40. The summed E-state index contributed by atoms with van der Waals surface area (Å²) in [6.45, 7) is 4.72. The largest absolute Gasteiger partial charge is 0.352 e. The molecule has 0 aromatic heterocycles. The van der Waals surface area contributed by atoms with Crippen molar-refractivity contribution in [2.45, 2.75) is 32.7 Å². The van der Waals surface area contributed by atoms with Gasteiger partial charge in [-0.3, -0.25) is 14.4 Å². The molecule has 28 heavy (non-hydrogen) atoms. The number of hydrogen-bond donors (Lipinski definition) is 2. The number of hydrazone groups is 1. The van der Waals surface area contributed by atoms with Crippen molar-refractivity contribution in [3.8, 4) is 0 Å². The van der Waals surface area contributed by atoms with Gasteiger partial charge < -0.3 is 10.2 Å². The lowest BCUT2D eigenvalue weighted by Crippen LogP contribution is -2.48. The Balaban J connectivity index is 0.00000392. The summed E-state index contributed by atoms with van der Waals surface area (Å²) in [5, 5.41) is 7.38. The number of carbonyl (C=O) groups is 3.